The van der Waals surface area contributed by atoms with Gasteiger partial charge in [0.15, 0.2) is 0 Å². The molecule has 4 rings (SSSR count). The van der Waals surface area contributed by atoms with Crippen LogP contribution in [0, 0.1) is 10.8 Å². The summed E-state index contributed by atoms with van der Waals surface area (Å²) in [5.74, 6) is 1.63. The van der Waals surface area contributed by atoms with E-state index < -0.39 is 0 Å². The van der Waals surface area contributed by atoms with Gasteiger partial charge in [0.1, 0.15) is 23.3 Å². The van der Waals surface area contributed by atoms with Crippen molar-refractivity contribution in [2.45, 2.75) is 19.3 Å². The monoisotopic (exact) mass is 360 g/mol. The third kappa shape index (κ3) is 2.91. The van der Waals surface area contributed by atoms with Gasteiger partial charge in [0, 0.05) is 11.1 Å². The van der Waals surface area contributed by atoms with Crippen LogP contribution in [0.1, 0.15) is 42.0 Å². The lowest BCUT2D eigenvalue weighted by Crippen LogP contribution is -2.10. The predicted molar refractivity (Wildman–Crippen MR) is 106 cm³/mol. The molecule has 0 fully saturated rings. The van der Waals surface area contributed by atoms with E-state index in [-0.39, 0.29) is 17.6 Å². The Morgan fingerprint density at radius 3 is 1.70 bits per heavy atom. The second-order valence-electron chi connectivity index (χ2n) is 6.50. The molecule has 2 aromatic carbocycles. The van der Waals surface area contributed by atoms with Gasteiger partial charge in [-0.15, -0.1) is 0 Å². The van der Waals surface area contributed by atoms with Crippen molar-refractivity contribution < 1.29 is 0 Å². The van der Waals surface area contributed by atoms with Crippen molar-refractivity contribution in [1.82, 2.24) is 19.9 Å². The lowest BCUT2D eigenvalue weighted by atomic mass is 10.1. The Hall–Kier alpha value is -3.68. The number of hydrogen-bond acceptors (Lipinski definition) is 4. The summed E-state index contributed by atoms with van der Waals surface area (Å²) >= 11 is 0. The van der Waals surface area contributed by atoms with Crippen molar-refractivity contribution in [2.24, 2.45) is 11.5 Å². The standard InChI is InChI=1S/C19H20N8/c1-2-11(18-24-12-5-3-9(16(20)21)7-14(12)26-18)19-25-13-6-4-10(17(22)23)8-15(13)27-19/h3-8,11H,2H2,1H3,(H3,20,21)(H3,22,23)(H,24,26)(H,25,27). The molecule has 2 aromatic heterocycles. The average molecular weight is 360 g/mol. The molecule has 0 aliphatic rings. The van der Waals surface area contributed by atoms with Crippen LogP contribution in [0.4, 0.5) is 0 Å². The number of rotatable bonds is 5. The summed E-state index contributed by atoms with van der Waals surface area (Å²) in [7, 11) is 0. The van der Waals surface area contributed by atoms with Gasteiger partial charge in [0.05, 0.1) is 28.0 Å². The molecular formula is C19H20N8. The van der Waals surface area contributed by atoms with Crippen LogP contribution < -0.4 is 11.5 Å². The van der Waals surface area contributed by atoms with Gasteiger partial charge in [0.2, 0.25) is 0 Å². The molecule has 0 saturated heterocycles. The van der Waals surface area contributed by atoms with Crippen LogP contribution in [0.3, 0.4) is 0 Å². The predicted octanol–water partition coefficient (Wildman–Crippen LogP) is 2.55. The van der Waals surface area contributed by atoms with Crippen molar-refractivity contribution in [3.05, 3.63) is 59.2 Å². The number of amidine groups is 2. The molecule has 0 radical (unpaired) electrons. The first kappa shape index (κ1) is 16.8. The summed E-state index contributed by atoms with van der Waals surface area (Å²) in [4.78, 5) is 16.1. The first-order chi connectivity index (χ1) is 13.0. The minimum Gasteiger partial charge on any atom is -0.384 e. The number of aromatic nitrogens is 4. The molecule has 0 amide bonds. The third-order valence-corrected chi connectivity index (χ3v) is 4.69. The summed E-state index contributed by atoms with van der Waals surface area (Å²) in [6.45, 7) is 2.08. The fraction of sp³-hybridized carbons (Fsp3) is 0.158. The number of imidazole rings is 2. The Morgan fingerprint density at radius 2 is 1.33 bits per heavy atom. The fourth-order valence-corrected chi connectivity index (χ4v) is 3.24. The number of aromatic amines is 2. The Kier molecular flexibility index (Phi) is 3.88. The van der Waals surface area contributed by atoms with Crippen LogP contribution in [0.15, 0.2) is 36.4 Å². The quantitative estimate of drug-likeness (QED) is 0.239. The highest BCUT2D eigenvalue weighted by atomic mass is 15.0. The molecule has 0 unspecified atom stereocenters. The van der Waals surface area contributed by atoms with E-state index in [2.05, 4.69) is 16.9 Å². The first-order valence-electron chi connectivity index (χ1n) is 8.64. The molecule has 0 bridgehead atoms. The Balaban J connectivity index is 1.77. The number of nitrogen functional groups attached to an aromatic ring is 2. The molecule has 0 spiro atoms. The molecule has 8 N–H and O–H groups in total. The van der Waals surface area contributed by atoms with E-state index in [0.29, 0.717) is 11.1 Å². The average Bonchev–Trinajstić information content (AvgIpc) is 3.24. The zero-order valence-electron chi connectivity index (χ0n) is 14.8. The van der Waals surface area contributed by atoms with Gasteiger partial charge < -0.3 is 21.4 Å². The maximum absolute atomic E-state index is 7.59. The van der Waals surface area contributed by atoms with Gasteiger partial charge in [0.25, 0.3) is 0 Å². The van der Waals surface area contributed by atoms with Crippen molar-refractivity contribution in [3.8, 4) is 0 Å². The molecule has 27 heavy (non-hydrogen) atoms. The largest absolute Gasteiger partial charge is 0.384 e. The van der Waals surface area contributed by atoms with Crippen molar-refractivity contribution in [1.29, 1.82) is 10.8 Å². The fourth-order valence-electron chi connectivity index (χ4n) is 3.24. The molecule has 0 atom stereocenters. The van der Waals surface area contributed by atoms with Gasteiger partial charge in [-0.2, -0.15) is 0 Å². The van der Waals surface area contributed by atoms with Gasteiger partial charge >= 0.3 is 0 Å². The lowest BCUT2D eigenvalue weighted by Gasteiger charge is -2.08. The second-order valence-corrected chi connectivity index (χ2v) is 6.50. The van der Waals surface area contributed by atoms with Gasteiger partial charge in [-0.1, -0.05) is 6.92 Å². The third-order valence-electron chi connectivity index (χ3n) is 4.69. The molecule has 136 valence electrons. The highest BCUT2D eigenvalue weighted by Crippen LogP contribution is 2.28. The van der Waals surface area contributed by atoms with Crippen molar-refractivity contribution in [3.63, 3.8) is 0 Å². The second kappa shape index (κ2) is 6.24. The molecule has 0 saturated carbocycles. The summed E-state index contributed by atoms with van der Waals surface area (Å²) in [5, 5.41) is 15.2. The minimum absolute atomic E-state index is 0.0265. The van der Waals surface area contributed by atoms with Crippen LogP contribution in [0.2, 0.25) is 0 Å². The van der Waals surface area contributed by atoms with Gasteiger partial charge in [-0.05, 0) is 42.8 Å². The molecule has 0 aliphatic carbocycles. The number of fused-ring (bicyclic) bond motifs is 2. The van der Waals surface area contributed by atoms with Gasteiger partial charge in [-0.25, -0.2) is 9.97 Å². The molecule has 4 aromatic rings. The maximum atomic E-state index is 7.59. The van der Waals surface area contributed by atoms with E-state index in [1.165, 1.54) is 0 Å². The highest BCUT2D eigenvalue weighted by molar-refractivity contribution is 5.98. The molecule has 8 nitrogen and oxygen atoms in total. The zero-order chi connectivity index (χ0) is 19.1. The summed E-state index contributed by atoms with van der Waals surface area (Å²) < 4.78 is 0. The van der Waals surface area contributed by atoms with E-state index in [1.807, 2.05) is 24.3 Å². The first-order valence-corrected chi connectivity index (χ1v) is 8.64. The Bertz CT molecular complexity index is 1090. The minimum atomic E-state index is -0.0358. The zero-order valence-corrected chi connectivity index (χ0v) is 14.8. The number of hydrogen-bond donors (Lipinski definition) is 6. The van der Waals surface area contributed by atoms with Crippen LogP contribution in [0.25, 0.3) is 22.1 Å². The smallest absolute Gasteiger partial charge is 0.122 e. The topological polar surface area (TPSA) is 157 Å². The number of nitrogens with zero attached hydrogens (tertiary/aromatic N) is 2. The van der Waals surface area contributed by atoms with Crippen LogP contribution >= 0.6 is 0 Å². The number of nitrogens with one attached hydrogen (secondary N) is 4. The van der Waals surface area contributed by atoms with Crippen LogP contribution in [0.5, 0.6) is 0 Å². The number of H-pyrrole nitrogens is 2. The molecule has 2 heterocycles. The normalized spacial score (nSPS) is 12.5. The summed E-state index contributed by atoms with van der Waals surface area (Å²) in [6, 6.07) is 11.0. The molecule has 8 heteroatoms. The van der Waals surface area contributed by atoms with E-state index in [4.69, 9.17) is 32.3 Å². The molecule has 0 aliphatic heterocycles. The SMILES string of the molecule is CCC(c1nc2ccc(C(=N)N)cc2[nH]1)c1nc2ccc(C(=N)N)cc2[nH]1. The summed E-state index contributed by atoms with van der Waals surface area (Å²) in [5.41, 5.74) is 15.8. The number of benzene rings is 2. The lowest BCUT2D eigenvalue weighted by molar-refractivity contribution is 0.694. The molecular weight excluding hydrogens is 340 g/mol. The van der Waals surface area contributed by atoms with E-state index in [9.17, 15) is 0 Å². The van der Waals surface area contributed by atoms with Crippen LogP contribution in [-0.4, -0.2) is 31.6 Å². The Morgan fingerprint density at radius 1 is 0.889 bits per heavy atom. The highest BCUT2D eigenvalue weighted by Gasteiger charge is 2.20. The number of nitrogens with two attached hydrogens (primary N) is 2. The van der Waals surface area contributed by atoms with Gasteiger partial charge in [-0.3, -0.25) is 10.8 Å². The van der Waals surface area contributed by atoms with E-state index >= 15 is 0 Å². The van der Waals surface area contributed by atoms with Crippen molar-refractivity contribution in [2.75, 3.05) is 0 Å². The van der Waals surface area contributed by atoms with E-state index in [1.54, 1.807) is 12.1 Å². The van der Waals surface area contributed by atoms with E-state index in [0.717, 1.165) is 40.1 Å². The van der Waals surface area contributed by atoms with Crippen LogP contribution in [-0.2, 0) is 0 Å². The summed E-state index contributed by atoms with van der Waals surface area (Å²) in [6.07, 6.45) is 0.804. The maximum Gasteiger partial charge on any atom is 0.122 e. The Labute approximate surface area is 155 Å². The van der Waals surface area contributed by atoms with Crippen molar-refractivity contribution >= 4 is 33.7 Å².